The van der Waals surface area contributed by atoms with Crippen LogP contribution in [0.3, 0.4) is 0 Å². The number of alkyl halides is 2. The molecular formula is C11H13F2N. The Bertz CT molecular complexity index is 336. The highest BCUT2D eigenvalue weighted by Crippen LogP contribution is 2.33. The predicted octanol–water partition coefficient (Wildman–Crippen LogP) is 2.83. The maximum atomic E-state index is 12.4. The van der Waals surface area contributed by atoms with E-state index in [1.54, 1.807) is 6.07 Å². The molecule has 1 aliphatic rings. The largest absolute Gasteiger partial charge is 0.313 e. The van der Waals surface area contributed by atoms with Gasteiger partial charge < -0.3 is 5.32 Å². The molecule has 3 heteroatoms. The average Bonchev–Trinajstić information content (AvgIpc) is 2.59. The third-order valence-electron chi connectivity index (χ3n) is 2.85. The van der Waals surface area contributed by atoms with Gasteiger partial charge in [-0.3, -0.25) is 0 Å². The van der Waals surface area contributed by atoms with Crippen LogP contribution in [0.4, 0.5) is 8.78 Å². The van der Waals surface area contributed by atoms with Crippen LogP contribution in [-0.4, -0.2) is 7.05 Å². The molecule has 0 saturated heterocycles. The summed E-state index contributed by atoms with van der Waals surface area (Å²) < 4.78 is 24.8. The van der Waals surface area contributed by atoms with Gasteiger partial charge in [0.15, 0.2) is 0 Å². The number of aryl methyl sites for hydroxylation is 1. The van der Waals surface area contributed by atoms with Gasteiger partial charge in [-0.25, -0.2) is 8.78 Å². The molecule has 76 valence electrons. The molecule has 14 heavy (non-hydrogen) atoms. The minimum atomic E-state index is -2.35. The topological polar surface area (TPSA) is 12.0 Å². The highest BCUT2D eigenvalue weighted by molar-refractivity contribution is 5.38. The molecule has 0 fully saturated rings. The van der Waals surface area contributed by atoms with Gasteiger partial charge in [0.2, 0.25) is 0 Å². The van der Waals surface area contributed by atoms with Gasteiger partial charge in [-0.1, -0.05) is 12.1 Å². The number of nitrogens with one attached hydrogen (secondary N) is 1. The first kappa shape index (κ1) is 9.59. The zero-order valence-electron chi connectivity index (χ0n) is 8.06. The molecule has 1 nitrogen and oxygen atoms in total. The van der Waals surface area contributed by atoms with Crippen molar-refractivity contribution in [1.29, 1.82) is 0 Å². The zero-order valence-corrected chi connectivity index (χ0v) is 8.06. The predicted molar refractivity (Wildman–Crippen MR) is 51.5 cm³/mol. The SMILES string of the molecule is CN[C@@H]1CCc2cc(C(F)F)ccc21. The van der Waals surface area contributed by atoms with Crippen LogP contribution in [0.25, 0.3) is 0 Å². The van der Waals surface area contributed by atoms with Gasteiger partial charge in [-0.2, -0.15) is 0 Å². The number of hydrogen-bond donors (Lipinski definition) is 1. The lowest BCUT2D eigenvalue weighted by Crippen LogP contribution is -2.12. The average molecular weight is 197 g/mol. The van der Waals surface area contributed by atoms with Crippen LogP contribution in [0.5, 0.6) is 0 Å². The summed E-state index contributed by atoms with van der Waals surface area (Å²) in [6, 6.07) is 5.33. The third kappa shape index (κ3) is 1.52. The van der Waals surface area contributed by atoms with E-state index in [0.717, 1.165) is 18.4 Å². The minimum Gasteiger partial charge on any atom is -0.313 e. The number of hydrogen-bond acceptors (Lipinski definition) is 1. The Hall–Kier alpha value is -0.960. The molecule has 1 aromatic carbocycles. The fraction of sp³-hybridized carbons (Fsp3) is 0.455. The van der Waals surface area contributed by atoms with E-state index in [1.165, 1.54) is 11.6 Å². The van der Waals surface area contributed by atoms with Crippen LogP contribution in [0.1, 0.15) is 35.6 Å². The summed E-state index contributed by atoms with van der Waals surface area (Å²) in [5, 5.41) is 3.18. The number of rotatable bonds is 2. The maximum absolute atomic E-state index is 12.4. The van der Waals surface area contributed by atoms with Crippen molar-refractivity contribution in [2.45, 2.75) is 25.3 Å². The zero-order chi connectivity index (χ0) is 10.1. The van der Waals surface area contributed by atoms with Crippen LogP contribution in [0.15, 0.2) is 18.2 Å². The quantitative estimate of drug-likeness (QED) is 0.768. The van der Waals surface area contributed by atoms with Crippen LogP contribution in [0, 0.1) is 0 Å². The Morgan fingerprint density at radius 3 is 2.86 bits per heavy atom. The fourth-order valence-corrected chi connectivity index (χ4v) is 2.07. The number of halogens is 2. The van der Waals surface area contributed by atoms with E-state index >= 15 is 0 Å². The van der Waals surface area contributed by atoms with Crippen molar-refractivity contribution < 1.29 is 8.78 Å². The molecule has 0 bridgehead atoms. The van der Waals surface area contributed by atoms with Gasteiger partial charge in [0.1, 0.15) is 0 Å². The highest BCUT2D eigenvalue weighted by Gasteiger charge is 2.22. The molecule has 0 unspecified atom stereocenters. The summed E-state index contributed by atoms with van der Waals surface area (Å²) >= 11 is 0. The van der Waals surface area contributed by atoms with Crippen LogP contribution >= 0.6 is 0 Å². The molecule has 0 aliphatic heterocycles. The van der Waals surface area contributed by atoms with Gasteiger partial charge in [0.05, 0.1) is 0 Å². The summed E-state index contributed by atoms with van der Waals surface area (Å²) in [4.78, 5) is 0. The third-order valence-corrected chi connectivity index (χ3v) is 2.85. The molecular weight excluding hydrogens is 184 g/mol. The van der Waals surface area contributed by atoms with Crippen molar-refractivity contribution in [3.63, 3.8) is 0 Å². The minimum absolute atomic E-state index is 0.139. The van der Waals surface area contributed by atoms with Gasteiger partial charge in [-0.15, -0.1) is 0 Å². The summed E-state index contributed by atoms with van der Waals surface area (Å²) in [7, 11) is 1.90. The molecule has 1 N–H and O–H groups in total. The Balaban J connectivity index is 2.34. The van der Waals surface area contributed by atoms with E-state index < -0.39 is 6.43 Å². The van der Waals surface area contributed by atoms with Gasteiger partial charge in [0, 0.05) is 11.6 Å². The first-order valence-electron chi connectivity index (χ1n) is 4.80. The van der Waals surface area contributed by atoms with E-state index in [0.29, 0.717) is 6.04 Å². The highest BCUT2D eigenvalue weighted by atomic mass is 19.3. The second-order valence-corrected chi connectivity index (χ2v) is 3.64. The molecule has 0 aromatic heterocycles. The van der Waals surface area contributed by atoms with Crippen molar-refractivity contribution in [3.05, 3.63) is 34.9 Å². The molecule has 0 amide bonds. The Labute approximate surface area is 82.1 Å². The second kappa shape index (κ2) is 3.65. The first-order valence-corrected chi connectivity index (χ1v) is 4.80. The van der Waals surface area contributed by atoms with Crippen molar-refractivity contribution in [3.8, 4) is 0 Å². The van der Waals surface area contributed by atoms with Crippen LogP contribution < -0.4 is 5.32 Å². The molecule has 0 radical (unpaired) electrons. The normalized spacial score (nSPS) is 20.1. The van der Waals surface area contributed by atoms with Crippen molar-refractivity contribution >= 4 is 0 Å². The van der Waals surface area contributed by atoms with E-state index in [4.69, 9.17) is 0 Å². The molecule has 0 spiro atoms. The van der Waals surface area contributed by atoms with Crippen LogP contribution in [0.2, 0.25) is 0 Å². The lowest BCUT2D eigenvalue weighted by Gasteiger charge is -2.10. The Kier molecular flexibility index (Phi) is 2.50. The molecule has 1 aliphatic carbocycles. The van der Waals surface area contributed by atoms with E-state index in [-0.39, 0.29) is 5.56 Å². The Morgan fingerprint density at radius 1 is 1.43 bits per heavy atom. The van der Waals surface area contributed by atoms with Crippen molar-refractivity contribution in [1.82, 2.24) is 5.32 Å². The van der Waals surface area contributed by atoms with E-state index in [2.05, 4.69) is 5.32 Å². The summed E-state index contributed by atoms with van der Waals surface area (Å²) in [5.74, 6) is 0. The van der Waals surface area contributed by atoms with Gasteiger partial charge in [-0.05, 0) is 37.1 Å². The molecule has 1 aromatic rings. The molecule has 2 rings (SSSR count). The van der Waals surface area contributed by atoms with Crippen LogP contribution in [-0.2, 0) is 6.42 Å². The Morgan fingerprint density at radius 2 is 2.21 bits per heavy atom. The standard InChI is InChI=1S/C11H13F2N/c1-14-10-5-3-7-6-8(11(12)13)2-4-9(7)10/h2,4,6,10-11,14H,3,5H2,1H3/t10-/m1/s1. The van der Waals surface area contributed by atoms with Crippen molar-refractivity contribution in [2.24, 2.45) is 0 Å². The molecule has 0 heterocycles. The van der Waals surface area contributed by atoms with Gasteiger partial charge >= 0.3 is 0 Å². The number of fused-ring (bicyclic) bond motifs is 1. The summed E-state index contributed by atoms with van der Waals surface area (Å²) in [6.07, 6.45) is -0.436. The summed E-state index contributed by atoms with van der Waals surface area (Å²) in [5.41, 5.74) is 2.39. The molecule has 0 saturated carbocycles. The smallest absolute Gasteiger partial charge is 0.263 e. The number of benzene rings is 1. The fourth-order valence-electron chi connectivity index (χ4n) is 2.07. The van der Waals surface area contributed by atoms with Crippen molar-refractivity contribution in [2.75, 3.05) is 7.05 Å². The monoisotopic (exact) mass is 197 g/mol. The maximum Gasteiger partial charge on any atom is 0.263 e. The molecule has 1 atom stereocenters. The first-order chi connectivity index (χ1) is 6.72. The summed E-state index contributed by atoms with van der Waals surface area (Å²) in [6.45, 7) is 0. The van der Waals surface area contributed by atoms with E-state index in [1.807, 2.05) is 13.1 Å². The lowest BCUT2D eigenvalue weighted by atomic mass is 10.1. The van der Waals surface area contributed by atoms with E-state index in [9.17, 15) is 8.78 Å². The second-order valence-electron chi connectivity index (χ2n) is 3.64. The van der Waals surface area contributed by atoms with Gasteiger partial charge in [0.25, 0.3) is 6.43 Å². The lowest BCUT2D eigenvalue weighted by molar-refractivity contribution is 0.151.